The molecule has 4 N–H and O–H groups in total. The number of amides is 1. The average molecular weight is 281 g/mol. The first-order chi connectivity index (χ1) is 9.12. The number of nitro groups is 1. The Morgan fingerprint density at radius 2 is 2.10 bits per heavy atom. The highest BCUT2D eigenvalue weighted by molar-refractivity contribution is 5.95. The molecule has 0 heterocycles. The van der Waals surface area contributed by atoms with Gasteiger partial charge in [-0.05, 0) is 17.5 Å². The zero-order chi connectivity index (χ0) is 15.5. The van der Waals surface area contributed by atoms with Crippen LogP contribution in [0.2, 0.25) is 0 Å². The van der Waals surface area contributed by atoms with E-state index in [4.69, 9.17) is 5.73 Å². The molecule has 0 aromatic heterocycles. The van der Waals surface area contributed by atoms with Crippen LogP contribution in [-0.2, 0) is 0 Å². The summed E-state index contributed by atoms with van der Waals surface area (Å²) in [6.07, 6.45) is -0.713. The van der Waals surface area contributed by atoms with Crippen LogP contribution >= 0.6 is 0 Å². The number of aliphatic hydroxyl groups excluding tert-OH is 1. The Morgan fingerprint density at radius 1 is 1.50 bits per heavy atom. The fourth-order valence-electron chi connectivity index (χ4n) is 1.44. The molecule has 1 amide bonds. The van der Waals surface area contributed by atoms with Gasteiger partial charge in [-0.1, -0.05) is 20.8 Å². The number of nitrogen functional groups attached to an aromatic ring is 1. The van der Waals surface area contributed by atoms with Gasteiger partial charge in [0.1, 0.15) is 5.69 Å². The average Bonchev–Trinajstić information content (AvgIpc) is 2.34. The molecule has 0 saturated carbocycles. The van der Waals surface area contributed by atoms with Crippen LogP contribution in [0.25, 0.3) is 0 Å². The van der Waals surface area contributed by atoms with Crippen LogP contribution in [0, 0.1) is 15.5 Å². The van der Waals surface area contributed by atoms with Gasteiger partial charge < -0.3 is 16.2 Å². The van der Waals surface area contributed by atoms with E-state index in [1.165, 1.54) is 12.1 Å². The van der Waals surface area contributed by atoms with Crippen molar-refractivity contribution in [1.29, 1.82) is 0 Å². The van der Waals surface area contributed by atoms with E-state index in [9.17, 15) is 20.0 Å². The van der Waals surface area contributed by atoms with E-state index in [-0.39, 0.29) is 28.9 Å². The van der Waals surface area contributed by atoms with Crippen molar-refractivity contribution < 1.29 is 14.8 Å². The van der Waals surface area contributed by atoms with Crippen molar-refractivity contribution in [3.8, 4) is 0 Å². The van der Waals surface area contributed by atoms with Crippen LogP contribution in [0.4, 0.5) is 11.4 Å². The van der Waals surface area contributed by atoms with E-state index in [0.717, 1.165) is 6.07 Å². The minimum absolute atomic E-state index is 0.00118. The molecule has 1 aromatic carbocycles. The summed E-state index contributed by atoms with van der Waals surface area (Å²) >= 11 is 0. The van der Waals surface area contributed by atoms with Crippen molar-refractivity contribution in [2.75, 3.05) is 12.3 Å². The Kier molecular flexibility index (Phi) is 4.67. The molecule has 0 fully saturated rings. The Labute approximate surface area is 116 Å². The number of nitrogens with one attached hydrogen (secondary N) is 1. The first-order valence-corrected chi connectivity index (χ1v) is 6.13. The van der Waals surface area contributed by atoms with Crippen LogP contribution in [-0.4, -0.2) is 28.6 Å². The van der Waals surface area contributed by atoms with E-state index in [1.807, 2.05) is 20.8 Å². The zero-order valence-electron chi connectivity index (χ0n) is 11.7. The summed E-state index contributed by atoms with van der Waals surface area (Å²) in [5.74, 6) is -0.489. The van der Waals surface area contributed by atoms with E-state index < -0.39 is 16.9 Å². The van der Waals surface area contributed by atoms with Crippen molar-refractivity contribution in [3.63, 3.8) is 0 Å². The SMILES string of the molecule is CC(C)(C)C(O)CNC(=O)c1ccc(N)c([N+](=O)[O-])c1. The lowest BCUT2D eigenvalue weighted by atomic mass is 9.89. The molecule has 0 aliphatic rings. The smallest absolute Gasteiger partial charge is 0.292 e. The molecule has 7 nitrogen and oxygen atoms in total. The summed E-state index contributed by atoms with van der Waals surface area (Å²) in [6.45, 7) is 5.61. The highest BCUT2D eigenvalue weighted by atomic mass is 16.6. The number of nitrogens with two attached hydrogens (primary N) is 1. The first kappa shape index (κ1) is 15.9. The number of nitrogens with zero attached hydrogens (tertiary/aromatic N) is 1. The molecule has 1 unspecified atom stereocenters. The fraction of sp³-hybridized carbons (Fsp3) is 0.462. The Bertz CT molecular complexity index is 523. The molecular formula is C13H19N3O4. The lowest BCUT2D eigenvalue weighted by molar-refractivity contribution is -0.383. The molecule has 110 valence electrons. The Morgan fingerprint density at radius 3 is 2.60 bits per heavy atom. The number of carbonyl (C=O) groups excluding carboxylic acids is 1. The summed E-state index contributed by atoms with van der Waals surface area (Å²) in [5.41, 5.74) is 4.92. The first-order valence-electron chi connectivity index (χ1n) is 6.13. The van der Waals surface area contributed by atoms with Crippen LogP contribution in [0.15, 0.2) is 18.2 Å². The van der Waals surface area contributed by atoms with Crippen LogP contribution in [0.1, 0.15) is 31.1 Å². The number of hydrogen-bond donors (Lipinski definition) is 3. The number of anilines is 1. The number of nitro benzene ring substituents is 1. The minimum Gasteiger partial charge on any atom is -0.393 e. The van der Waals surface area contributed by atoms with Crippen LogP contribution in [0.5, 0.6) is 0 Å². The molecule has 1 atom stereocenters. The number of benzene rings is 1. The van der Waals surface area contributed by atoms with Gasteiger partial charge in [-0.3, -0.25) is 14.9 Å². The van der Waals surface area contributed by atoms with E-state index in [2.05, 4.69) is 5.32 Å². The predicted molar refractivity (Wildman–Crippen MR) is 75.3 cm³/mol. The largest absolute Gasteiger partial charge is 0.393 e. The topological polar surface area (TPSA) is 118 Å². The van der Waals surface area contributed by atoms with Crippen LogP contribution < -0.4 is 11.1 Å². The van der Waals surface area contributed by atoms with Gasteiger partial charge in [-0.25, -0.2) is 0 Å². The van der Waals surface area contributed by atoms with Crippen molar-refractivity contribution >= 4 is 17.3 Å². The second-order valence-corrected chi connectivity index (χ2v) is 5.62. The maximum atomic E-state index is 11.9. The van der Waals surface area contributed by atoms with Gasteiger partial charge in [-0.15, -0.1) is 0 Å². The monoisotopic (exact) mass is 281 g/mol. The molecule has 20 heavy (non-hydrogen) atoms. The lowest BCUT2D eigenvalue weighted by Gasteiger charge is -2.25. The second kappa shape index (κ2) is 5.87. The molecular weight excluding hydrogens is 262 g/mol. The number of aliphatic hydroxyl groups is 1. The fourth-order valence-corrected chi connectivity index (χ4v) is 1.44. The summed E-state index contributed by atoms with van der Waals surface area (Å²) in [7, 11) is 0. The minimum atomic E-state index is -0.713. The van der Waals surface area contributed by atoms with Gasteiger partial charge >= 0.3 is 0 Å². The van der Waals surface area contributed by atoms with E-state index in [1.54, 1.807) is 0 Å². The number of rotatable bonds is 4. The summed E-state index contributed by atoms with van der Waals surface area (Å²) < 4.78 is 0. The molecule has 0 saturated heterocycles. The quantitative estimate of drug-likeness (QED) is 0.437. The summed E-state index contributed by atoms with van der Waals surface area (Å²) in [6, 6.07) is 3.84. The highest BCUT2D eigenvalue weighted by Crippen LogP contribution is 2.22. The van der Waals surface area contributed by atoms with Gasteiger partial charge in [-0.2, -0.15) is 0 Å². The molecule has 0 radical (unpaired) electrons. The van der Waals surface area contributed by atoms with Crippen molar-refractivity contribution in [2.24, 2.45) is 5.41 Å². The number of hydrogen-bond acceptors (Lipinski definition) is 5. The third kappa shape index (κ3) is 3.92. The maximum Gasteiger partial charge on any atom is 0.292 e. The third-order valence-electron chi connectivity index (χ3n) is 2.94. The Balaban J connectivity index is 2.79. The summed E-state index contributed by atoms with van der Waals surface area (Å²) in [4.78, 5) is 22.0. The van der Waals surface area contributed by atoms with E-state index in [0.29, 0.717) is 0 Å². The maximum absolute atomic E-state index is 11.9. The molecule has 0 spiro atoms. The zero-order valence-corrected chi connectivity index (χ0v) is 11.7. The lowest BCUT2D eigenvalue weighted by Crippen LogP contribution is -2.39. The normalized spacial score (nSPS) is 12.8. The van der Waals surface area contributed by atoms with Gasteiger partial charge in [0.05, 0.1) is 11.0 Å². The molecule has 0 bridgehead atoms. The summed E-state index contributed by atoms with van der Waals surface area (Å²) in [5, 5.41) is 23.1. The van der Waals surface area contributed by atoms with Gasteiger partial charge in [0.2, 0.25) is 0 Å². The van der Waals surface area contributed by atoms with Gasteiger partial charge in [0.15, 0.2) is 0 Å². The van der Waals surface area contributed by atoms with Crippen LogP contribution in [0.3, 0.4) is 0 Å². The van der Waals surface area contributed by atoms with Gasteiger partial charge in [0.25, 0.3) is 11.6 Å². The van der Waals surface area contributed by atoms with Crippen molar-refractivity contribution in [1.82, 2.24) is 5.32 Å². The molecule has 0 aliphatic heterocycles. The molecule has 0 aliphatic carbocycles. The van der Waals surface area contributed by atoms with Crippen molar-refractivity contribution in [2.45, 2.75) is 26.9 Å². The Hall–Kier alpha value is -2.15. The second-order valence-electron chi connectivity index (χ2n) is 5.62. The number of carbonyl (C=O) groups is 1. The highest BCUT2D eigenvalue weighted by Gasteiger charge is 2.23. The molecule has 1 aromatic rings. The standard InChI is InChI=1S/C13H19N3O4/c1-13(2,3)11(17)7-15-12(18)8-4-5-9(14)10(6-8)16(19)20/h4-6,11,17H,7,14H2,1-3H3,(H,15,18). The van der Waals surface area contributed by atoms with E-state index >= 15 is 0 Å². The third-order valence-corrected chi connectivity index (χ3v) is 2.94. The molecule has 7 heteroatoms. The van der Waals surface area contributed by atoms with Crippen molar-refractivity contribution in [3.05, 3.63) is 33.9 Å². The van der Waals surface area contributed by atoms with Gasteiger partial charge in [0, 0.05) is 18.2 Å². The molecule has 1 rings (SSSR count). The predicted octanol–water partition coefficient (Wildman–Crippen LogP) is 1.31.